The van der Waals surface area contributed by atoms with Gasteiger partial charge in [-0.3, -0.25) is 11.3 Å². The number of nitrogens with one attached hydrogen (secondary N) is 1. The van der Waals surface area contributed by atoms with Crippen molar-refractivity contribution in [1.29, 1.82) is 0 Å². The molecule has 2 fully saturated rings. The molecule has 0 amide bonds. The van der Waals surface area contributed by atoms with Crippen molar-refractivity contribution in [2.24, 2.45) is 11.8 Å². The van der Waals surface area contributed by atoms with Gasteiger partial charge in [-0.25, -0.2) is 0 Å². The Labute approximate surface area is 123 Å². The summed E-state index contributed by atoms with van der Waals surface area (Å²) in [6.07, 6.45) is 5.96. The molecule has 3 nitrogen and oxygen atoms in total. The third-order valence-electron chi connectivity index (χ3n) is 4.69. The minimum absolute atomic E-state index is 0.166. The zero-order valence-electron chi connectivity index (χ0n) is 11.1. The van der Waals surface area contributed by atoms with Crippen LogP contribution in [-0.2, 0) is 4.74 Å². The maximum absolute atomic E-state index is 6.01. The van der Waals surface area contributed by atoms with Gasteiger partial charge in [0.05, 0.1) is 11.6 Å². The number of hydrogen-bond acceptors (Lipinski definition) is 3. The number of halogens is 1. The van der Waals surface area contributed by atoms with Gasteiger partial charge in [0.1, 0.15) is 0 Å². The highest BCUT2D eigenvalue weighted by atomic mass is 79.9. The zero-order valence-corrected chi connectivity index (χ0v) is 12.7. The van der Waals surface area contributed by atoms with Crippen molar-refractivity contribution in [3.05, 3.63) is 34.3 Å². The first kappa shape index (κ1) is 13.6. The number of nitrogens with two attached hydrogens (primary N) is 1. The van der Waals surface area contributed by atoms with Crippen LogP contribution < -0.4 is 11.3 Å². The Morgan fingerprint density at radius 2 is 2.16 bits per heavy atom. The first-order valence-corrected chi connectivity index (χ1v) is 7.88. The van der Waals surface area contributed by atoms with E-state index in [0.29, 0.717) is 5.92 Å². The summed E-state index contributed by atoms with van der Waals surface area (Å²) in [4.78, 5) is 0. The average Bonchev–Trinajstić information content (AvgIpc) is 2.40. The van der Waals surface area contributed by atoms with E-state index in [1.165, 1.54) is 24.8 Å². The SMILES string of the molecule is NNC(c1ccccc1Br)C1CCOC2(CCC2)C1. The minimum Gasteiger partial charge on any atom is -0.375 e. The van der Waals surface area contributed by atoms with Gasteiger partial charge < -0.3 is 4.74 Å². The Morgan fingerprint density at radius 3 is 2.79 bits per heavy atom. The second kappa shape index (κ2) is 5.52. The van der Waals surface area contributed by atoms with Crippen molar-refractivity contribution < 1.29 is 4.74 Å². The summed E-state index contributed by atoms with van der Waals surface area (Å²) in [5.41, 5.74) is 4.45. The molecule has 0 aromatic heterocycles. The second-order valence-electron chi connectivity index (χ2n) is 5.80. The van der Waals surface area contributed by atoms with Crippen molar-refractivity contribution in [2.75, 3.05) is 6.61 Å². The van der Waals surface area contributed by atoms with E-state index in [2.05, 4.69) is 39.6 Å². The molecule has 3 N–H and O–H groups in total. The van der Waals surface area contributed by atoms with Crippen molar-refractivity contribution in [2.45, 2.75) is 43.7 Å². The third kappa shape index (κ3) is 2.59. The number of benzene rings is 1. The standard InChI is InChI=1S/C15H21BrN2O/c16-13-5-2-1-4-12(13)14(18-17)11-6-9-19-15(10-11)7-3-8-15/h1-2,4-5,11,14,18H,3,6-10,17H2. The zero-order chi connectivity index (χ0) is 13.3. The molecular weight excluding hydrogens is 304 g/mol. The smallest absolute Gasteiger partial charge is 0.0686 e. The Balaban J connectivity index is 1.80. The molecule has 1 aromatic rings. The van der Waals surface area contributed by atoms with Crippen LogP contribution in [0.3, 0.4) is 0 Å². The lowest BCUT2D eigenvalue weighted by Crippen LogP contribution is -2.48. The number of hydrazine groups is 1. The van der Waals surface area contributed by atoms with Crippen molar-refractivity contribution in [3.8, 4) is 0 Å². The van der Waals surface area contributed by atoms with Gasteiger partial charge in [-0.05, 0) is 49.7 Å². The molecule has 2 unspecified atom stereocenters. The van der Waals surface area contributed by atoms with Crippen LogP contribution in [0.1, 0.15) is 43.7 Å². The normalized spacial score (nSPS) is 26.9. The monoisotopic (exact) mass is 324 g/mol. The van der Waals surface area contributed by atoms with Crippen LogP contribution >= 0.6 is 15.9 Å². The first-order valence-electron chi connectivity index (χ1n) is 7.09. The lowest BCUT2D eigenvalue weighted by Gasteiger charge is -2.48. The Morgan fingerprint density at radius 1 is 1.37 bits per heavy atom. The Bertz CT molecular complexity index is 448. The van der Waals surface area contributed by atoms with Gasteiger partial charge in [0.15, 0.2) is 0 Å². The van der Waals surface area contributed by atoms with Gasteiger partial charge in [-0.2, -0.15) is 0 Å². The summed E-state index contributed by atoms with van der Waals surface area (Å²) < 4.78 is 7.14. The van der Waals surface area contributed by atoms with Gasteiger partial charge in [0.2, 0.25) is 0 Å². The fourth-order valence-electron chi connectivity index (χ4n) is 3.48. The van der Waals surface area contributed by atoms with E-state index in [4.69, 9.17) is 10.6 Å². The van der Waals surface area contributed by atoms with E-state index < -0.39 is 0 Å². The molecule has 104 valence electrons. The molecule has 1 aromatic carbocycles. The lowest BCUT2D eigenvalue weighted by molar-refractivity contribution is -0.147. The molecule has 2 aliphatic rings. The molecule has 0 bridgehead atoms. The van der Waals surface area contributed by atoms with Crippen LogP contribution in [0.25, 0.3) is 0 Å². The topological polar surface area (TPSA) is 47.3 Å². The fraction of sp³-hybridized carbons (Fsp3) is 0.600. The third-order valence-corrected chi connectivity index (χ3v) is 5.41. The van der Waals surface area contributed by atoms with E-state index in [9.17, 15) is 0 Å². The quantitative estimate of drug-likeness (QED) is 0.662. The van der Waals surface area contributed by atoms with Crippen LogP contribution in [-0.4, -0.2) is 12.2 Å². The molecule has 3 rings (SSSR count). The minimum atomic E-state index is 0.166. The van der Waals surface area contributed by atoms with E-state index in [-0.39, 0.29) is 11.6 Å². The largest absolute Gasteiger partial charge is 0.375 e. The first-order chi connectivity index (χ1) is 9.24. The van der Waals surface area contributed by atoms with Crippen LogP contribution in [0.2, 0.25) is 0 Å². The fourth-order valence-corrected chi connectivity index (χ4v) is 4.01. The van der Waals surface area contributed by atoms with E-state index in [0.717, 1.165) is 23.9 Å². The van der Waals surface area contributed by atoms with Crippen LogP contribution in [0.4, 0.5) is 0 Å². The molecule has 1 aliphatic carbocycles. The highest BCUT2D eigenvalue weighted by molar-refractivity contribution is 9.10. The molecular formula is C15H21BrN2O. The van der Waals surface area contributed by atoms with E-state index >= 15 is 0 Å². The van der Waals surface area contributed by atoms with E-state index in [1.807, 2.05) is 6.07 Å². The van der Waals surface area contributed by atoms with Crippen LogP contribution in [0.5, 0.6) is 0 Å². The summed E-state index contributed by atoms with van der Waals surface area (Å²) >= 11 is 3.64. The molecule has 2 atom stereocenters. The van der Waals surface area contributed by atoms with Crippen LogP contribution in [0.15, 0.2) is 28.7 Å². The Kier molecular flexibility index (Phi) is 3.94. The van der Waals surface area contributed by atoms with Crippen molar-refractivity contribution in [3.63, 3.8) is 0 Å². The van der Waals surface area contributed by atoms with Crippen LogP contribution in [0, 0.1) is 5.92 Å². The predicted molar refractivity (Wildman–Crippen MR) is 79.5 cm³/mol. The van der Waals surface area contributed by atoms with Crippen molar-refractivity contribution in [1.82, 2.24) is 5.43 Å². The second-order valence-corrected chi connectivity index (χ2v) is 6.66. The summed E-state index contributed by atoms with van der Waals surface area (Å²) in [6, 6.07) is 8.55. The number of ether oxygens (including phenoxy) is 1. The van der Waals surface area contributed by atoms with Gasteiger partial charge >= 0.3 is 0 Å². The molecule has 4 heteroatoms. The number of hydrogen-bond donors (Lipinski definition) is 2. The maximum atomic E-state index is 6.01. The maximum Gasteiger partial charge on any atom is 0.0686 e. The molecule has 1 spiro atoms. The number of rotatable bonds is 3. The molecule has 19 heavy (non-hydrogen) atoms. The Hall–Kier alpha value is -0.420. The summed E-state index contributed by atoms with van der Waals surface area (Å²) in [6.45, 7) is 0.868. The lowest BCUT2D eigenvalue weighted by atomic mass is 9.70. The van der Waals surface area contributed by atoms with Crippen molar-refractivity contribution >= 4 is 15.9 Å². The van der Waals surface area contributed by atoms with Gasteiger partial charge in [0.25, 0.3) is 0 Å². The van der Waals surface area contributed by atoms with Gasteiger partial charge in [-0.1, -0.05) is 34.1 Å². The molecule has 1 aliphatic heterocycles. The summed E-state index contributed by atoms with van der Waals surface area (Å²) in [5.74, 6) is 6.39. The highest BCUT2D eigenvalue weighted by Crippen LogP contribution is 2.47. The van der Waals surface area contributed by atoms with E-state index in [1.54, 1.807) is 0 Å². The molecule has 1 saturated heterocycles. The van der Waals surface area contributed by atoms with Gasteiger partial charge in [-0.15, -0.1) is 0 Å². The summed E-state index contributed by atoms with van der Waals surface area (Å²) in [7, 11) is 0. The highest BCUT2D eigenvalue weighted by Gasteiger charge is 2.44. The predicted octanol–water partition coefficient (Wildman–Crippen LogP) is 3.30. The average molecular weight is 325 g/mol. The molecule has 1 saturated carbocycles. The molecule has 0 radical (unpaired) electrons. The summed E-state index contributed by atoms with van der Waals surface area (Å²) in [5, 5.41) is 0. The molecule has 1 heterocycles. The van der Waals surface area contributed by atoms with Gasteiger partial charge in [0, 0.05) is 11.1 Å².